The van der Waals surface area contributed by atoms with Crippen LogP contribution in [0.25, 0.3) is 0 Å². The normalized spacial score (nSPS) is 21.0. The lowest BCUT2D eigenvalue weighted by Gasteiger charge is -2.41. The van der Waals surface area contributed by atoms with Gasteiger partial charge in [-0.2, -0.15) is 5.10 Å². The zero-order valence-corrected chi connectivity index (χ0v) is 14.2. The molecule has 1 amide bonds. The fourth-order valence-corrected chi connectivity index (χ4v) is 3.11. The van der Waals surface area contributed by atoms with Gasteiger partial charge >= 0.3 is 0 Å². The number of morpholine rings is 1. The van der Waals surface area contributed by atoms with Crippen molar-refractivity contribution >= 4 is 17.5 Å². The molecule has 1 unspecified atom stereocenters. The Morgan fingerprint density at radius 3 is 2.83 bits per heavy atom. The summed E-state index contributed by atoms with van der Waals surface area (Å²) in [6.45, 7) is 2.97. The van der Waals surface area contributed by atoms with Gasteiger partial charge in [-0.15, -0.1) is 0 Å². The molecule has 1 aromatic carbocycles. The minimum Gasteiger partial charge on any atom is -0.393 e. The number of aryl methyl sites for hydroxylation is 1. The van der Waals surface area contributed by atoms with E-state index in [1.807, 2.05) is 31.2 Å². The van der Waals surface area contributed by atoms with Gasteiger partial charge in [0, 0.05) is 13.0 Å². The van der Waals surface area contributed by atoms with Crippen molar-refractivity contribution in [3.8, 4) is 0 Å². The summed E-state index contributed by atoms with van der Waals surface area (Å²) in [5.74, 6) is -0.234. The molecule has 128 valence electrons. The molecule has 1 aliphatic rings. The molecule has 0 aliphatic carbocycles. The van der Waals surface area contributed by atoms with E-state index in [-0.39, 0.29) is 18.2 Å². The van der Waals surface area contributed by atoms with Gasteiger partial charge in [0.15, 0.2) is 0 Å². The van der Waals surface area contributed by atoms with E-state index in [1.54, 1.807) is 4.90 Å². The van der Waals surface area contributed by atoms with E-state index in [4.69, 9.17) is 16.3 Å². The topological polar surface area (TPSA) is 78.5 Å². The van der Waals surface area contributed by atoms with Crippen LogP contribution in [-0.4, -0.2) is 58.0 Å². The second-order valence-electron chi connectivity index (χ2n) is 6.17. The first-order valence-corrected chi connectivity index (χ1v) is 8.19. The summed E-state index contributed by atoms with van der Waals surface area (Å²) in [4.78, 5) is 14.3. The molecule has 7 heteroatoms. The molecular weight excluding hydrogens is 330 g/mol. The first-order chi connectivity index (χ1) is 11.5. The number of hydrogen-bond acceptors (Lipinski definition) is 4. The summed E-state index contributed by atoms with van der Waals surface area (Å²) in [6, 6.07) is 8.08. The highest BCUT2D eigenvalue weighted by molar-refractivity contribution is 6.33. The van der Waals surface area contributed by atoms with Crippen LogP contribution in [0.1, 0.15) is 21.6 Å². The molecule has 24 heavy (non-hydrogen) atoms. The first kappa shape index (κ1) is 17.0. The SMILES string of the molecule is Cc1ccc(CC2(CO)CN(C(=O)c3[nH]ncc3Cl)CCO2)cc1. The molecule has 3 rings (SSSR count). The average molecular weight is 350 g/mol. The van der Waals surface area contributed by atoms with Gasteiger partial charge in [0.1, 0.15) is 11.3 Å². The van der Waals surface area contributed by atoms with Gasteiger partial charge in [0.05, 0.1) is 31.0 Å². The van der Waals surface area contributed by atoms with Crippen LogP contribution in [0.15, 0.2) is 30.5 Å². The summed E-state index contributed by atoms with van der Waals surface area (Å²) < 4.78 is 5.87. The Bertz CT molecular complexity index is 716. The third-order valence-electron chi connectivity index (χ3n) is 4.28. The van der Waals surface area contributed by atoms with Crippen molar-refractivity contribution in [1.29, 1.82) is 0 Å². The number of hydrogen-bond donors (Lipinski definition) is 2. The van der Waals surface area contributed by atoms with Crippen molar-refractivity contribution < 1.29 is 14.6 Å². The first-order valence-electron chi connectivity index (χ1n) is 7.81. The lowest BCUT2D eigenvalue weighted by atomic mass is 9.92. The zero-order valence-electron chi connectivity index (χ0n) is 13.5. The van der Waals surface area contributed by atoms with E-state index < -0.39 is 5.60 Å². The summed E-state index contributed by atoms with van der Waals surface area (Å²) in [7, 11) is 0. The van der Waals surface area contributed by atoms with Crippen molar-refractivity contribution in [2.75, 3.05) is 26.3 Å². The summed E-state index contributed by atoms with van der Waals surface area (Å²) in [6.07, 6.45) is 1.94. The number of benzene rings is 1. The maximum absolute atomic E-state index is 12.6. The molecule has 1 aromatic heterocycles. The van der Waals surface area contributed by atoms with Crippen LogP contribution >= 0.6 is 11.6 Å². The number of carbonyl (C=O) groups excluding carboxylic acids is 1. The minimum absolute atomic E-state index is 0.165. The Morgan fingerprint density at radius 2 is 2.21 bits per heavy atom. The number of halogens is 1. The molecule has 2 heterocycles. The molecule has 1 saturated heterocycles. The highest BCUT2D eigenvalue weighted by atomic mass is 35.5. The van der Waals surface area contributed by atoms with E-state index in [0.717, 1.165) is 5.56 Å². The van der Waals surface area contributed by atoms with Crippen LogP contribution in [0.3, 0.4) is 0 Å². The average Bonchev–Trinajstić information content (AvgIpc) is 3.02. The number of nitrogens with zero attached hydrogens (tertiary/aromatic N) is 2. The van der Waals surface area contributed by atoms with Crippen LogP contribution in [0.5, 0.6) is 0 Å². The fourth-order valence-electron chi connectivity index (χ4n) is 2.93. The second-order valence-corrected chi connectivity index (χ2v) is 6.58. The maximum atomic E-state index is 12.6. The number of aromatic amines is 1. The van der Waals surface area contributed by atoms with Crippen LogP contribution in [-0.2, 0) is 11.2 Å². The maximum Gasteiger partial charge on any atom is 0.273 e. The molecule has 0 radical (unpaired) electrons. The van der Waals surface area contributed by atoms with Crippen molar-refractivity contribution in [2.45, 2.75) is 18.9 Å². The Hall–Kier alpha value is -1.89. The highest BCUT2D eigenvalue weighted by Crippen LogP contribution is 2.25. The van der Waals surface area contributed by atoms with Crippen LogP contribution in [0.4, 0.5) is 0 Å². The van der Waals surface area contributed by atoms with Gasteiger partial charge < -0.3 is 14.7 Å². The van der Waals surface area contributed by atoms with E-state index in [1.165, 1.54) is 11.8 Å². The van der Waals surface area contributed by atoms with Gasteiger partial charge in [0.25, 0.3) is 5.91 Å². The molecule has 6 nitrogen and oxygen atoms in total. The van der Waals surface area contributed by atoms with Crippen molar-refractivity contribution in [3.05, 3.63) is 52.3 Å². The van der Waals surface area contributed by atoms with Gasteiger partial charge in [-0.1, -0.05) is 41.4 Å². The van der Waals surface area contributed by atoms with E-state index >= 15 is 0 Å². The predicted octanol–water partition coefficient (Wildman–Crippen LogP) is 1.82. The molecule has 0 spiro atoms. The molecule has 0 saturated carbocycles. The lowest BCUT2D eigenvalue weighted by molar-refractivity contribution is -0.123. The number of rotatable bonds is 4. The van der Waals surface area contributed by atoms with Crippen molar-refractivity contribution in [3.63, 3.8) is 0 Å². The number of H-pyrrole nitrogens is 1. The Morgan fingerprint density at radius 1 is 1.46 bits per heavy atom. The monoisotopic (exact) mass is 349 g/mol. The smallest absolute Gasteiger partial charge is 0.273 e. The molecule has 2 N–H and O–H groups in total. The third kappa shape index (κ3) is 3.45. The summed E-state index contributed by atoms with van der Waals surface area (Å²) in [5, 5.41) is 16.6. The Kier molecular flexibility index (Phi) is 4.89. The van der Waals surface area contributed by atoms with Crippen molar-refractivity contribution in [1.82, 2.24) is 15.1 Å². The number of amides is 1. The van der Waals surface area contributed by atoms with E-state index in [9.17, 15) is 9.90 Å². The predicted molar refractivity (Wildman–Crippen MR) is 90.2 cm³/mol. The molecule has 1 fully saturated rings. The number of aliphatic hydroxyl groups is 1. The molecule has 1 atom stereocenters. The van der Waals surface area contributed by atoms with Crippen molar-refractivity contribution in [2.24, 2.45) is 0 Å². The Labute approximate surface area is 145 Å². The number of ether oxygens (including phenoxy) is 1. The summed E-state index contributed by atoms with van der Waals surface area (Å²) >= 11 is 5.98. The quantitative estimate of drug-likeness (QED) is 0.882. The molecule has 1 aliphatic heterocycles. The van der Waals surface area contributed by atoms with Gasteiger partial charge in [0.2, 0.25) is 0 Å². The van der Waals surface area contributed by atoms with E-state index in [2.05, 4.69) is 10.2 Å². The van der Waals surface area contributed by atoms with Gasteiger partial charge in [-0.25, -0.2) is 0 Å². The number of aromatic nitrogens is 2. The standard InChI is InChI=1S/C17H20ClN3O3/c1-12-2-4-13(5-3-12)8-17(11-22)10-21(6-7-24-17)16(23)15-14(18)9-19-20-15/h2-5,9,22H,6-8,10-11H2,1H3,(H,19,20). The fraction of sp³-hybridized carbons (Fsp3) is 0.412. The number of aliphatic hydroxyl groups excluding tert-OH is 1. The zero-order chi connectivity index (χ0) is 17.2. The van der Waals surface area contributed by atoms with Crippen LogP contribution in [0, 0.1) is 6.92 Å². The van der Waals surface area contributed by atoms with Gasteiger partial charge in [-0.3, -0.25) is 9.89 Å². The van der Waals surface area contributed by atoms with E-state index in [0.29, 0.717) is 31.1 Å². The lowest BCUT2D eigenvalue weighted by Crippen LogP contribution is -2.56. The van der Waals surface area contributed by atoms with Crippen LogP contribution < -0.4 is 0 Å². The third-order valence-corrected chi connectivity index (χ3v) is 4.56. The number of carbonyl (C=O) groups is 1. The highest BCUT2D eigenvalue weighted by Gasteiger charge is 2.39. The minimum atomic E-state index is -0.810. The Balaban J connectivity index is 1.77. The molecular formula is C17H20ClN3O3. The number of nitrogens with one attached hydrogen (secondary N) is 1. The van der Waals surface area contributed by atoms with Crippen LogP contribution in [0.2, 0.25) is 5.02 Å². The molecule has 0 bridgehead atoms. The largest absolute Gasteiger partial charge is 0.393 e. The summed E-state index contributed by atoms with van der Waals surface area (Å²) in [5.41, 5.74) is 1.69. The molecule has 2 aromatic rings. The van der Waals surface area contributed by atoms with Gasteiger partial charge in [-0.05, 0) is 12.5 Å². The second kappa shape index (κ2) is 6.93.